The summed E-state index contributed by atoms with van der Waals surface area (Å²) in [5.74, 6) is 0.346. The number of Topliss-reactive ketones (excluding diaryl/α,β-unsaturated/α-hetero) is 1. The largest absolute Gasteiger partial charge is 0.309 e. The van der Waals surface area contributed by atoms with E-state index in [1.165, 1.54) is 4.88 Å². The van der Waals surface area contributed by atoms with E-state index in [4.69, 9.17) is 0 Å². The van der Waals surface area contributed by atoms with Crippen molar-refractivity contribution in [3.63, 3.8) is 0 Å². The lowest BCUT2D eigenvalue weighted by Crippen LogP contribution is -2.25. The molecule has 1 atom stereocenters. The molecular formula is C12H19NOS. The predicted octanol–water partition coefficient (Wildman–Crippen LogP) is 2.75. The van der Waals surface area contributed by atoms with Crippen LogP contribution in [0.5, 0.6) is 0 Å². The number of aryl methyl sites for hydroxylation is 2. The molecule has 3 heteroatoms. The lowest BCUT2D eigenvalue weighted by molar-refractivity contribution is 0.0910. The highest BCUT2D eigenvalue weighted by atomic mass is 32.1. The SMILES string of the molecule is Cc1cc(C(=O)[C@H](C)CN(C)C)c(C)s1. The molecule has 0 spiro atoms. The lowest BCUT2D eigenvalue weighted by atomic mass is 9.99. The number of rotatable bonds is 4. The minimum absolute atomic E-state index is 0.0766. The van der Waals surface area contributed by atoms with Crippen LogP contribution >= 0.6 is 11.3 Å². The Morgan fingerprint density at radius 2 is 2.07 bits per heavy atom. The maximum Gasteiger partial charge on any atom is 0.168 e. The Kier molecular flexibility index (Phi) is 4.05. The second-order valence-electron chi connectivity index (χ2n) is 4.35. The van der Waals surface area contributed by atoms with E-state index in [1.54, 1.807) is 11.3 Å². The van der Waals surface area contributed by atoms with Gasteiger partial charge in [-0.3, -0.25) is 4.79 Å². The van der Waals surface area contributed by atoms with Crippen molar-refractivity contribution in [1.29, 1.82) is 0 Å². The molecule has 0 aromatic carbocycles. The van der Waals surface area contributed by atoms with E-state index in [0.29, 0.717) is 0 Å². The molecule has 1 aromatic rings. The van der Waals surface area contributed by atoms with E-state index in [1.807, 2.05) is 40.9 Å². The van der Waals surface area contributed by atoms with Crippen LogP contribution in [0.3, 0.4) is 0 Å². The van der Waals surface area contributed by atoms with Gasteiger partial charge in [-0.05, 0) is 34.0 Å². The van der Waals surface area contributed by atoms with E-state index < -0.39 is 0 Å². The van der Waals surface area contributed by atoms with Crippen LogP contribution in [-0.2, 0) is 0 Å². The molecule has 0 amide bonds. The van der Waals surface area contributed by atoms with Crippen LogP contribution in [0.15, 0.2) is 6.07 Å². The van der Waals surface area contributed by atoms with E-state index in [0.717, 1.165) is 17.0 Å². The summed E-state index contributed by atoms with van der Waals surface area (Å²) in [4.78, 5) is 16.5. The maximum absolute atomic E-state index is 12.1. The topological polar surface area (TPSA) is 20.3 Å². The van der Waals surface area contributed by atoms with Gasteiger partial charge in [-0.25, -0.2) is 0 Å². The Morgan fingerprint density at radius 1 is 1.47 bits per heavy atom. The van der Waals surface area contributed by atoms with E-state index >= 15 is 0 Å². The summed E-state index contributed by atoms with van der Waals surface area (Å²) in [7, 11) is 3.99. The molecule has 0 aliphatic heterocycles. The molecule has 1 aromatic heterocycles. The fraction of sp³-hybridized carbons (Fsp3) is 0.583. The molecule has 1 heterocycles. The first kappa shape index (κ1) is 12.4. The van der Waals surface area contributed by atoms with Gasteiger partial charge in [-0.1, -0.05) is 6.92 Å². The number of carbonyl (C=O) groups is 1. The smallest absolute Gasteiger partial charge is 0.168 e. The second-order valence-corrected chi connectivity index (χ2v) is 5.81. The van der Waals surface area contributed by atoms with Crippen molar-refractivity contribution >= 4 is 17.1 Å². The van der Waals surface area contributed by atoms with Gasteiger partial charge in [0.15, 0.2) is 5.78 Å². The minimum Gasteiger partial charge on any atom is -0.309 e. The monoisotopic (exact) mass is 225 g/mol. The Labute approximate surface area is 95.9 Å². The molecule has 15 heavy (non-hydrogen) atoms. The van der Waals surface area contributed by atoms with E-state index in [2.05, 4.69) is 4.90 Å². The van der Waals surface area contributed by atoms with Gasteiger partial charge in [0.25, 0.3) is 0 Å². The van der Waals surface area contributed by atoms with E-state index in [-0.39, 0.29) is 11.7 Å². The summed E-state index contributed by atoms with van der Waals surface area (Å²) in [5, 5.41) is 0. The first-order valence-electron chi connectivity index (χ1n) is 5.17. The first-order valence-corrected chi connectivity index (χ1v) is 5.99. The molecule has 0 aliphatic rings. The first-order chi connectivity index (χ1) is 6.91. The van der Waals surface area contributed by atoms with Crippen LogP contribution in [-0.4, -0.2) is 31.3 Å². The van der Waals surface area contributed by atoms with Crippen molar-refractivity contribution in [2.45, 2.75) is 20.8 Å². The molecule has 0 aliphatic carbocycles. The number of thiophene rings is 1. The summed E-state index contributed by atoms with van der Waals surface area (Å²) in [6.45, 7) is 6.88. The average molecular weight is 225 g/mol. The third-order valence-corrected chi connectivity index (χ3v) is 3.36. The lowest BCUT2D eigenvalue weighted by Gasteiger charge is -2.15. The maximum atomic E-state index is 12.1. The summed E-state index contributed by atoms with van der Waals surface area (Å²) in [5.41, 5.74) is 0.909. The Morgan fingerprint density at radius 3 is 2.47 bits per heavy atom. The molecule has 0 N–H and O–H groups in total. The molecule has 0 saturated heterocycles. The standard InChI is InChI=1S/C12H19NOS/c1-8(7-13(4)5)12(14)11-6-9(2)15-10(11)3/h6,8H,7H2,1-5H3/t8-/m1/s1. The van der Waals surface area contributed by atoms with Crippen molar-refractivity contribution in [1.82, 2.24) is 4.90 Å². The van der Waals surface area contributed by atoms with Crippen LogP contribution < -0.4 is 0 Å². The van der Waals surface area contributed by atoms with Gasteiger partial charge in [0.2, 0.25) is 0 Å². The van der Waals surface area contributed by atoms with E-state index in [9.17, 15) is 4.79 Å². The molecule has 0 saturated carbocycles. The molecule has 1 rings (SSSR count). The van der Waals surface area contributed by atoms with Crippen molar-refractivity contribution in [2.75, 3.05) is 20.6 Å². The zero-order valence-corrected chi connectivity index (χ0v) is 10.9. The average Bonchev–Trinajstić information content (AvgIpc) is 2.42. The van der Waals surface area contributed by atoms with Gasteiger partial charge in [-0.2, -0.15) is 0 Å². The third-order valence-electron chi connectivity index (χ3n) is 2.39. The number of nitrogens with zero attached hydrogens (tertiary/aromatic N) is 1. The fourth-order valence-corrected chi connectivity index (χ4v) is 2.70. The zero-order chi connectivity index (χ0) is 11.6. The minimum atomic E-state index is 0.0766. The van der Waals surface area contributed by atoms with Crippen molar-refractivity contribution in [2.24, 2.45) is 5.92 Å². The number of ketones is 1. The normalized spacial score (nSPS) is 13.2. The molecule has 0 fully saturated rings. The predicted molar refractivity (Wildman–Crippen MR) is 65.8 cm³/mol. The van der Waals surface area contributed by atoms with Crippen molar-refractivity contribution in [3.8, 4) is 0 Å². The zero-order valence-electron chi connectivity index (χ0n) is 10.1. The second kappa shape index (κ2) is 4.90. The highest BCUT2D eigenvalue weighted by Crippen LogP contribution is 2.23. The van der Waals surface area contributed by atoms with Crippen LogP contribution in [0.4, 0.5) is 0 Å². The van der Waals surface area contributed by atoms with Gasteiger partial charge in [0.05, 0.1) is 0 Å². The molecular weight excluding hydrogens is 206 g/mol. The van der Waals surface area contributed by atoms with Crippen LogP contribution in [0.2, 0.25) is 0 Å². The van der Waals surface area contributed by atoms with Crippen molar-refractivity contribution in [3.05, 3.63) is 21.4 Å². The molecule has 0 radical (unpaired) electrons. The Hall–Kier alpha value is -0.670. The number of hydrogen-bond acceptors (Lipinski definition) is 3. The fourth-order valence-electron chi connectivity index (χ4n) is 1.77. The highest BCUT2D eigenvalue weighted by molar-refractivity contribution is 7.12. The summed E-state index contributed by atoms with van der Waals surface area (Å²) in [6, 6.07) is 2.01. The van der Waals surface area contributed by atoms with Crippen LogP contribution in [0.25, 0.3) is 0 Å². The van der Waals surface area contributed by atoms with Gasteiger partial charge in [-0.15, -0.1) is 11.3 Å². The van der Waals surface area contributed by atoms with Gasteiger partial charge in [0, 0.05) is 27.8 Å². The van der Waals surface area contributed by atoms with Gasteiger partial charge < -0.3 is 4.90 Å². The third kappa shape index (κ3) is 3.14. The highest BCUT2D eigenvalue weighted by Gasteiger charge is 2.19. The Bertz CT molecular complexity index is 355. The molecule has 2 nitrogen and oxygen atoms in total. The van der Waals surface area contributed by atoms with Crippen LogP contribution in [0.1, 0.15) is 27.0 Å². The summed E-state index contributed by atoms with van der Waals surface area (Å²) in [6.07, 6.45) is 0. The molecule has 0 bridgehead atoms. The molecule has 84 valence electrons. The van der Waals surface area contributed by atoms with Gasteiger partial charge >= 0.3 is 0 Å². The van der Waals surface area contributed by atoms with Crippen LogP contribution in [0, 0.1) is 19.8 Å². The quantitative estimate of drug-likeness (QED) is 0.734. The summed E-state index contributed by atoms with van der Waals surface area (Å²) >= 11 is 1.70. The number of carbonyl (C=O) groups excluding carboxylic acids is 1. The van der Waals surface area contributed by atoms with Crippen molar-refractivity contribution < 1.29 is 4.79 Å². The van der Waals surface area contributed by atoms with Gasteiger partial charge in [0.1, 0.15) is 0 Å². The Balaban J connectivity index is 2.80. The number of hydrogen-bond donors (Lipinski definition) is 0. The molecule has 0 unspecified atom stereocenters. The summed E-state index contributed by atoms with van der Waals surface area (Å²) < 4.78 is 0.